The number of hydrogen-bond acceptors (Lipinski definition) is 5. The number of thiazole rings is 1. The molecule has 0 saturated carbocycles. The van der Waals surface area contributed by atoms with Crippen molar-refractivity contribution in [2.45, 2.75) is 13.5 Å². The van der Waals surface area contributed by atoms with Crippen LogP contribution in [0.2, 0.25) is 0 Å². The molecule has 0 bridgehead atoms. The maximum atomic E-state index is 12.2. The van der Waals surface area contributed by atoms with E-state index in [4.69, 9.17) is 5.73 Å². The smallest absolute Gasteiger partial charge is 0.257 e. The number of rotatable bonds is 3. The fourth-order valence-corrected chi connectivity index (χ4v) is 2.57. The molecule has 2 aromatic rings. The minimum Gasteiger partial charge on any atom is -0.505 e. The summed E-state index contributed by atoms with van der Waals surface area (Å²) in [7, 11) is 1.68. The van der Waals surface area contributed by atoms with Crippen molar-refractivity contribution in [3.63, 3.8) is 0 Å². The Labute approximate surface area is 115 Å². The van der Waals surface area contributed by atoms with Gasteiger partial charge in [-0.1, -0.05) is 6.07 Å². The molecule has 1 heterocycles. The fourth-order valence-electron chi connectivity index (χ4n) is 1.72. The van der Waals surface area contributed by atoms with Crippen molar-refractivity contribution in [3.8, 4) is 5.75 Å². The van der Waals surface area contributed by atoms with E-state index in [2.05, 4.69) is 4.98 Å². The van der Waals surface area contributed by atoms with Gasteiger partial charge in [-0.3, -0.25) is 4.79 Å². The van der Waals surface area contributed by atoms with Gasteiger partial charge in [0.05, 0.1) is 22.8 Å². The number of aromatic nitrogens is 1. The van der Waals surface area contributed by atoms with Crippen LogP contribution >= 0.6 is 11.3 Å². The molecule has 0 atom stereocenters. The maximum Gasteiger partial charge on any atom is 0.257 e. The minimum atomic E-state index is -0.268. The number of aromatic hydroxyl groups is 1. The monoisotopic (exact) mass is 277 g/mol. The second-order valence-electron chi connectivity index (χ2n) is 4.25. The highest BCUT2D eigenvalue weighted by molar-refractivity contribution is 7.11. The van der Waals surface area contributed by atoms with Crippen LogP contribution < -0.4 is 5.73 Å². The number of amides is 1. The van der Waals surface area contributed by atoms with Gasteiger partial charge in [0, 0.05) is 18.1 Å². The lowest BCUT2D eigenvalue weighted by molar-refractivity contribution is 0.0783. The number of hydrogen-bond donors (Lipinski definition) is 2. The lowest BCUT2D eigenvalue weighted by Gasteiger charge is -2.17. The minimum absolute atomic E-state index is 0.167. The molecule has 0 aliphatic rings. The number of aryl methyl sites for hydroxylation is 1. The second-order valence-corrected chi connectivity index (χ2v) is 5.57. The third-order valence-corrected chi connectivity index (χ3v) is 3.60. The van der Waals surface area contributed by atoms with Gasteiger partial charge >= 0.3 is 0 Å². The Bertz CT molecular complexity index is 610. The Kier molecular flexibility index (Phi) is 3.71. The van der Waals surface area contributed by atoms with Gasteiger partial charge in [0.15, 0.2) is 5.75 Å². The quantitative estimate of drug-likeness (QED) is 0.664. The first-order chi connectivity index (χ1) is 8.99. The molecule has 2 rings (SSSR count). The molecule has 0 spiro atoms. The number of anilines is 1. The number of nitrogens with zero attached hydrogens (tertiary/aromatic N) is 2. The van der Waals surface area contributed by atoms with Crippen LogP contribution in [0.4, 0.5) is 5.69 Å². The topological polar surface area (TPSA) is 79.5 Å². The lowest BCUT2D eigenvalue weighted by Crippen LogP contribution is -2.26. The summed E-state index contributed by atoms with van der Waals surface area (Å²) in [5.74, 6) is -0.435. The van der Waals surface area contributed by atoms with Crippen molar-refractivity contribution < 1.29 is 9.90 Å². The number of benzene rings is 1. The molecular formula is C13H15N3O2S. The Morgan fingerprint density at radius 3 is 2.89 bits per heavy atom. The van der Waals surface area contributed by atoms with Crippen molar-refractivity contribution >= 4 is 22.9 Å². The Morgan fingerprint density at radius 1 is 1.53 bits per heavy atom. The number of phenolic OH excluding ortho intramolecular Hbond substituents is 1. The summed E-state index contributed by atoms with van der Waals surface area (Å²) >= 11 is 1.54. The van der Waals surface area contributed by atoms with Crippen molar-refractivity contribution in [1.29, 1.82) is 0 Å². The van der Waals surface area contributed by atoms with E-state index in [-0.39, 0.29) is 22.9 Å². The third kappa shape index (κ3) is 2.85. The van der Waals surface area contributed by atoms with Crippen molar-refractivity contribution in [2.24, 2.45) is 0 Å². The van der Waals surface area contributed by atoms with Crippen LogP contribution in [0.15, 0.2) is 24.4 Å². The molecule has 100 valence electrons. The van der Waals surface area contributed by atoms with E-state index in [0.29, 0.717) is 6.54 Å². The van der Waals surface area contributed by atoms with Gasteiger partial charge in [0.25, 0.3) is 5.91 Å². The molecule has 1 amide bonds. The normalized spacial score (nSPS) is 10.4. The average Bonchev–Trinajstić information content (AvgIpc) is 2.77. The number of carbonyl (C=O) groups excluding carboxylic acids is 1. The first-order valence-electron chi connectivity index (χ1n) is 5.73. The highest BCUT2D eigenvalue weighted by Gasteiger charge is 2.17. The molecule has 19 heavy (non-hydrogen) atoms. The van der Waals surface area contributed by atoms with E-state index in [9.17, 15) is 9.90 Å². The van der Waals surface area contributed by atoms with E-state index in [0.717, 1.165) is 9.88 Å². The Balaban J connectivity index is 2.17. The zero-order valence-electron chi connectivity index (χ0n) is 10.8. The Hall–Kier alpha value is -2.08. The Morgan fingerprint density at radius 2 is 2.26 bits per heavy atom. The van der Waals surface area contributed by atoms with Crippen LogP contribution in [-0.4, -0.2) is 27.9 Å². The van der Waals surface area contributed by atoms with Gasteiger partial charge in [-0.2, -0.15) is 0 Å². The molecule has 0 unspecified atom stereocenters. The molecule has 1 aromatic heterocycles. The molecule has 1 aromatic carbocycles. The predicted octanol–water partition coefficient (Wildman–Crippen LogP) is 2.01. The largest absolute Gasteiger partial charge is 0.505 e. The zero-order chi connectivity index (χ0) is 14.0. The average molecular weight is 277 g/mol. The summed E-state index contributed by atoms with van der Waals surface area (Å²) in [5, 5.41) is 10.8. The van der Waals surface area contributed by atoms with Crippen LogP contribution in [0.3, 0.4) is 0 Å². The van der Waals surface area contributed by atoms with Gasteiger partial charge in [-0.05, 0) is 19.1 Å². The standard InChI is InChI=1S/C13H15N3O2S/c1-8-15-6-9(19-8)7-16(2)13(18)10-4-3-5-11(14)12(10)17/h3-6,17H,7,14H2,1-2H3. The molecule has 0 saturated heterocycles. The van der Waals surface area contributed by atoms with Gasteiger partial charge < -0.3 is 15.7 Å². The molecule has 0 radical (unpaired) electrons. The molecule has 3 N–H and O–H groups in total. The van der Waals surface area contributed by atoms with Crippen LogP contribution in [0.5, 0.6) is 5.75 Å². The van der Waals surface area contributed by atoms with E-state index in [1.165, 1.54) is 4.90 Å². The molecular weight excluding hydrogens is 262 g/mol. The summed E-state index contributed by atoms with van der Waals surface area (Å²) in [5.41, 5.74) is 6.00. The predicted molar refractivity (Wildman–Crippen MR) is 75.2 cm³/mol. The van der Waals surface area contributed by atoms with Gasteiger partial charge in [0.1, 0.15) is 0 Å². The van der Waals surface area contributed by atoms with E-state index in [1.807, 2.05) is 6.92 Å². The van der Waals surface area contributed by atoms with Gasteiger partial charge in [0.2, 0.25) is 0 Å². The zero-order valence-corrected chi connectivity index (χ0v) is 11.6. The van der Waals surface area contributed by atoms with Crippen LogP contribution in [0, 0.1) is 6.92 Å². The van der Waals surface area contributed by atoms with Crippen LogP contribution in [-0.2, 0) is 6.54 Å². The number of para-hydroxylation sites is 1. The molecule has 0 aliphatic heterocycles. The van der Waals surface area contributed by atoms with Crippen molar-refractivity contribution in [2.75, 3.05) is 12.8 Å². The van der Waals surface area contributed by atoms with Crippen molar-refractivity contribution in [1.82, 2.24) is 9.88 Å². The number of phenols is 1. The first kappa shape index (κ1) is 13.4. The fraction of sp³-hybridized carbons (Fsp3) is 0.231. The van der Waals surface area contributed by atoms with Gasteiger partial charge in [-0.15, -0.1) is 11.3 Å². The molecule has 5 nitrogen and oxygen atoms in total. The SMILES string of the molecule is Cc1ncc(CN(C)C(=O)c2cccc(N)c2O)s1. The van der Waals surface area contributed by atoms with E-state index in [1.54, 1.807) is 42.8 Å². The van der Waals surface area contributed by atoms with Crippen molar-refractivity contribution in [3.05, 3.63) is 39.8 Å². The highest BCUT2D eigenvalue weighted by atomic mass is 32.1. The maximum absolute atomic E-state index is 12.2. The number of nitrogen functional groups attached to an aromatic ring is 1. The summed E-state index contributed by atoms with van der Waals surface area (Å²) < 4.78 is 0. The van der Waals surface area contributed by atoms with E-state index < -0.39 is 0 Å². The van der Waals surface area contributed by atoms with Gasteiger partial charge in [-0.25, -0.2) is 4.98 Å². The number of nitrogens with two attached hydrogens (primary N) is 1. The van der Waals surface area contributed by atoms with Crippen LogP contribution in [0.25, 0.3) is 0 Å². The molecule has 6 heteroatoms. The molecule has 0 aliphatic carbocycles. The highest BCUT2D eigenvalue weighted by Crippen LogP contribution is 2.26. The number of carbonyl (C=O) groups is 1. The first-order valence-corrected chi connectivity index (χ1v) is 6.55. The molecule has 0 fully saturated rings. The third-order valence-electron chi connectivity index (χ3n) is 2.71. The van der Waals surface area contributed by atoms with E-state index >= 15 is 0 Å². The lowest BCUT2D eigenvalue weighted by atomic mass is 10.1. The summed E-state index contributed by atoms with van der Waals surface area (Å²) in [6.45, 7) is 2.37. The summed E-state index contributed by atoms with van der Waals surface area (Å²) in [6.07, 6.45) is 1.75. The van der Waals surface area contributed by atoms with Crippen LogP contribution in [0.1, 0.15) is 20.2 Å². The second kappa shape index (κ2) is 5.27. The summed E-state index contributed by atoms with van der Waals surface area (Å²) in [6, 6.07) is 4.76. The summed E-state index contributed by atoms with van der Waals surface area (Å²) in [4.78, 5) is 18.9.